The molecule has 1 heterocycles. The normalized spacial score (nSPS) is 15.6. The fraction of sp³-hybridized carbons (Fsp3) is 0.316. The largest absolute Gasteiger partial charge is 0.322 e. The van der Waals surface area contributed by atoms with E-state index in [0.717, 1.165) is 28.4 Å². The van der Waals surface area contributed by atoms with Gasteiger partial charge in [-0.25, -0.2) is 8.42 Å². The Labute approximate surface area is 168 Å². The van der Waals surface area contributed by atoms with E-state index in [9.17, 15) is 13.2 Å². The van der Waals surface area contributed by atoms with Crippen molar-refractivity contribution in [3.8, 4) is 0 Å². The zero-order chi connectivity index (χ0) is 18.7. The van der Waals surface area contributed by atoms with E-state index in [-0.39, 0.29) is 10.8 Å². The third-order valence-corrected chi connectivity index (χ3v) is 7.85. The molecule has 0 radical (unpaired) electrons. The van der Waals surface area contributed by atoms with Crippen molar-refractivity contribution >= 4 is 44.2 Å². The van der Waals surface area contributed by atoms with Gasteiger partial charge in [-0.2, -0.15) is 4.31 Å². The number of carbonyl (C=O) groups excluding carboxylic acids is 1. The number of nitrogens with one attached hydrogen (secondary N) is 1. The molecule has 1 aliphatic heterocycles. The summed E-state index contributed by atoms with van der Waals surface area (Å²) in [5, 5.41) is 2.83. The van der Waals surface area contributed by atoms with Crippen LogP contribution in [0.2, 0.25) is 0 Å². The second-order valence-electron chi connectivity index (χ2n) is 6.38. The number of rotatable bonds is 4. The number of nitrogens with zero attached hydrogens (tertiary/aromatic N) is 1. The summed E-state index contributed by atoms with van der Waals surface area (Å²) in [4.78, 5) is 12.7. The molecule has 0 atom stereocenters. The summed E-state index contributed by atoms with van der Waals surface area (Å²) < 4.78 is 27.8. The molecule has 5 nitrogen and oxygen atoms in total. The highest BCUT2D eigenvalue weighted by atomic mass is 127. The summed E-state index contributed by atoms with van der Waals surface area (Å²) in [7, 11) is -3.45. The van der Waals surface area contributed by atoms with Crippen LogP contribution in [0.5, 0.6) is 0 Å². The monoisotopic (exact) mass is 484 g/mol. The first-order valence-electron chi connectivity index (χ1n) is 8.56. The van der Waals surface area contributed by atoms with Gasteiger partial charge in [-0.1, -0.05) is 18.6 Å². The number of piperidine rings is 1. The molecule has 138 valence electrons. The fourth-order valence-corrected chi connectivity index (χ4v) is 5.11. The molecule has 1 amide bonds. The number of hydrogen-bond donors (Lipinski definition) is 1. The van der Waals surface area contributed by atoms with Gasteiger partial charge in [0, 0.05) is 22.3 Å². The van der Waals surface area contributed by atoms with Gasteiger partial charge in [0.25, 0.3) is 5.91 Å². The van der Waals surface area contributed by atoms with E-state index in [1.807, 2.05) is 19.1 Å². The Balaban J connectivity index is 1.75. The van der Waals surface area contributed by atoms with Crippen molar-refractivity contribution in [1.82, 2.24) is 4.31 Å². The molecule has 1 fully saturated rings. The molecule has 1 aliphatic rings. The lowest BCUT2D eigenvalue weighted by Gasteiger charge is -2.25. The van der Waals surface area contributed by atoms with E-state index in [1.165, 1.54) is 0 Å². The van der Waals surface area contributed by atoms with Crippen molar-refractivity contribution in [2.24, 2.45) is 0 Å². The molecule has 0 aliphatic carbocycles. The van der Waals surface area contributed by atoms with E-state index in [2.05, 4.69) is 27.9 Å². The molecule has 0 spiro atoms. The number of sulfonamides is 1. The van der Waals surface area contributed by atoms with Gasteiger partial charge in [0.2, 0.25) is 10.0 Å². The number of hydrogen-bond acceptors (Lipinski definition) is 3. The van der Waals surface area contributed by atoms with Gasteiger partial charge in [0.15, 0.2) is 0 Å². The highest BCUT2D eigenvalue weighted by Crippen LogP contribution is 2.23. The van der Waals surface area contributed by atoms with E-state index in [4.69, 9.17) is 0 Å². The summed E-state index contributed by atoms with van der Waals surface area (Å²) in [5.41, 5.74) is 2.22. The van der Waals surface area contributed by atoms with Crippen molar-refractivity contribution < 1.29 is 13.2 Å². The maximum absolute atomic E-state index is 12.7. The van der Waals surface area contributed by atoms with Crippen molar-refractivity contribution in [1.29, 1.82) is 0 Å². The van der Waals surface area contributed by atoms with E-state index in [0.29, 0.717) is 24.3 Å². The van der Waals surface area contributed by atoms with Gasteiger partial charge in [-0.15, -0.1) is 0 Å². The minimum Gasteiger partial charge on any atom is -0.322 e. The smallest absolute Gasteiger partial charge is 0.256 e. The van der Waals surface area contributed by atoms with Gasteiger partial charge < -0.3 is 5.32 Å². The minimum absolute atomic E-state index is 0.204. The third kappa shape index (κ3) is 4.10. The van der Waals surface area contributed by atoms with Crippen LogP contribution < -0.4 is 5.32 Å². The Morgan fingerprint density at radius 2 is 1.69 bits per heavy atom. The molecular formula is C19H21IN2O3S. The summed E-state index contributed by atoms with van der Waals surface area (Å²) in [6, 6.07) is 12.0. The fourth-order valence-electron chi connectivity index (χ4n) is 2.99. The predicted molar refractivity (Wildman–Crippen MR) is 111 cm³/mol. The van der Waals surface area contributed by atoms with Crippen LogP contribution in [-0.4, -0.2) is 31.7 Å². The lowest BCUT2D eigenvalue weighted by molar-refractivity contribution is 0.102. The molecule has 2 aromatic rings. The molecule has 0 aromatic heterocycles. The molecule has 1 N–H and O–H groups in total. The third-order valence-electron chi connectivity index (χ3n) is 4.50. The van der Waals surface area contributed by atoms with Crippen LogP contribution in [0.4, 0.5) is 5.69 Å². The molecule has 0 saturated carbocycles. The van der Waals surface area contributed by atoms with Gasteiger partial charge >= 0.3 is 0 Å². The molecule has 1 saturated heterocycles. The highest BCUT2D eigenvalue weighted by Gasteiger charge is 2.25. The van der Waals surface area contributed by atoms with Crippen LogP contribution in [0.3, 0.4) is 0 Å². The summed E-state index contributed by atoms with van der Waals surface area (Å²) in [6.45, 7) is 3.11. The second kappa shape index (κ2) is 8.06. The number of halogens is 1. The van der Waals surface area contributed by atoms with Gasteiger partial charge in [0.1, 0.15) is 0 Å². The topological polar surface area (TPSA) is 66.5 Å². The predicted octanol–water partition coefficient (Wildman–Crippen LogP) is 4.03. The van der Waals surface area contributed by atoms with Crippen LogP contribution in [0.25, 0.3) is 0 Å². The Bertz CT molecular complexity index is 905. The van der Waals surface area contributed by atoms with Crippen LogP contribution in [0.15, 0.2) is 47.4 Å². The maximum Gasteiger partial charge on any atom is 0.256 e. The average molecular weight is 484 g/mol. The number of benzene rings is 2. The van der Waals surface area contributed by atoms with Gasteiger partial charge in [0.05, 0.1) is 10.5 Å². The average Bonchev–Trinajstić information content (AvgIpc) is 2.65. The summed E-state index contributed by atoms with van der Waals surface area (Å²) >= 11 is 2.16. The number of carbonyl (C=O) groups is 1. The zero-order valence-corrected chi connectivity index (χ0v) is 17.5. The van der Waals surface area contributed by atoms with E-state index < -0.39 is 10.0 Å². The van der Waals surface area contributed by atoms with Crippen molar-refractivity contribution in [2.45, 2.75) is 31.1 Å². The van der Waals surface area contributed by atoms with Gasteiger partial charge in [-0.05, 0) is 78.3 Å². The Morgan fingerprint density at radius 1 is 1.04 bits per heavy atom. The van der Waals surface area contributed by atoms with Crippen LogP contribution >= 0.6 is 22.6 Å². The minimum atomic E-state index is -3.45. The number of anilines is 1. The molecule has 0 unspecified atom stereocenters. The first kappa shape index (κ1) is 19.3. The second-order valence-corrected chi connectivity index (χ2v) is 9.40. The quantitative estimate of drug-likeness (QED) is 0.667. The first-order valence-corrected chi connectivity index (χ1v) is 11.1. The van der Waals surface area contributed by atoms with Crippen LogP contribution in [0.1, 0.15) is 35.2 Å². The molecule has 2 aromatic carbocycles. The lowest BCUT2D eigenvalue weighted by Crippen LogP contribution is -2.35. The van der Waals surface area contributed by atoms with Crippen molar-refractivity contribution in [3.05, 3.63) is 57.2 Å². The molecule has 26 heavy (non-hydrogen) atoms. The molecule has 0 bridgehead atoms. The SMILES string of the molecule is Cc1cccc(C(=O)Nc2ccc(S(=O)(=O)N3CCCCC3)cc2)c1I. The van der Waals surface area contributed by atoms with Gasteiger partial charge in [-0.3, -0.25) is 4.79 Å². The van der Waals surface area contributed by atoms with Crippen molar-refractivity contribution in [3.63, 3.8) is 0 Å². The Morgan fingerprint density at radius 3 is 2.35 bits per heavy atom. The summed E-state index contributed by atoms with van der Waals surface area (Å²) in [5.74, 6) is -0.204. The maximum atomic E-state index is 12.7. The molecular weight excluding hydrogens is 463 g/mol. The zero-order valence-electron chi connectivity index (χ0n) is 14.5. The lowest BCUT2D eigenvalue weighted by atomic mass is 10.1. The molecule has 3 rings (SSSR count). The van der Waals surface area contributed by atoms with E-state index >= 15 is 0 Å². The molecule has 7 heteroatoms. The highest BCUT2D eigenvalue weighted by molar-refractivity contribution is 14.1. The van der Waals surface area contributed by atoms with Crippen LogP contribution in [0, 0.1) is 10.5 Å². The van der Waals surface area contributed by atoms with Crippen molar-refractivity contribution in [2.75, 3.05) is 18.4 Å². The Hall–Kier alpha value is -1.45. The summed E-state index contributed by atoms with van der Waals surface area (Å²) in [6.07, 6.45) is 2.89. The Kier molecular flexibility index (Phi) is 5.99. The number of aryl methyl sites for hydroxylation is 1. The van der Waals surface area contributed by atoms with Crippen LogP contribution in [-0.2, 0) is 10.0 Å². The van der Waals surface area contributed by atoms with E-state index in [1.54, 1.807) is 34.6 Å². The standard InChI is InChI=1S/C19H21IN2O3S/c1-14-6-5-7-17(18(14)20)19(23)21-15-8-10-16(11-9-15)26(24,25)22-12-3-2-4-13-22/h5-11H,2-4,12-13H2,1H3,(H,21,23). The first-order chi connectivity index (χ1) is 12.4. The number of amides is 1.